The topological polar surface area (TPSA) is 55.1 Å². The summed E-state index contributed by atoms with van der Waals surface area (Å²) in [6, 6.07) is 10.4. The molecular formula is C17H26N2O. The molecule has 0 spiro atoms. The minimum atomic E-state index is 0.114. The summed E-state index contributed by atoms with van der Waals surface area (Å²) in [5.41, 5.74) is 6.98. The van der Waals surface area contributed by atoms with Gasteiger partial charge in [0.05, 0.1) is 6.04 Å². The molecule has 0 bridgehead atoms. The Morgan fingerprint density at radius 3 is 2.75 bits per heavy atom. The summed E-state index contributed by atoms with van der Waals surface area (Å²) in [6.45, 7) is 2.78. The summed E-state index contributed by atoms with van der Waals surface area (Å²) in [4.78, 5) is 12.5. The third-order valence-electron chi connectivity index (χ3n) is 4.39. The number of rotatable bonds is 6. The second-order valence-corrected chi connectivity index (χ2v) is 5.79. The highest BCUT2D eigenvalue weighted by molar-refractivity contribution is 5.79. The second kappa shape index (κ2) is 7.44. The largest absolute Gasteiger partial charge is 0.349 e. The van der Waals surface area contributed by atoms with Crippen LogP contribution in [-0.2, 0) is 4.79 Å². The van der Waals surface area contributed by atoms with E-state index < -0.39 is 0 Å². The van der Waals surface area contributed by atoms with Crippen molar-refractivity contribution in [2.24, 2.45) is 17.6 Å². The highest BCUT2D eigenvalue weighted by atomic mass is 16.2. The summed E-state index contributed by atoms with van der Waals surface area (Å²) in [7, 11) is 0. The Hall–Kier alpha value is -1.35. The first-order valence-electron chi connectivity index (χ1n) is 7.81. The van der Waals surface area contributed by atoms with E-state index in [2.05, 4.69) is 24.4 Å². The average Bonchev–Trinajstić information content (AvgIpc) is 2.96. The molecule has 1 saturated carbocycles. The van der Waals surface area contributed by atoms with E-state index in [0.717, 1.165) is 32.1 Å². The van der Waals surface area contributed by atoms with Crippen molar-refractivity contribution in [2.75, 3.05) is 6.54 Å². The van der Waals surface area contributed by atoms with Crippen LogP contribution in [0.3, 0.4) is 0 Å². The summed E-state index contributed by atoms with van der Waals surface area (Å²) in [5, 5.41) is 3.25. The molecule has 1 aliphatic rings. The molecule has 3 unspecified atom stereocenters. The molecule has 110 valence electrons. The van der Waals surface area contributed by atoms with Crippen LogP contribution in [0.15, 0.2) is 30.3 Å². The van der Waals surface area contributed by atoms with Crippen molar-refractivity contribution < 1.29 is 4.79 Å². The maximum absolute atomic E-state index is 12.5. The monoisotopic (exact) mass is 274 g/mol. The van der Waals surface area contributed by atoms with E-state index in [1.54, 1.807) is 0 Å². The lowest BCUT2D eigenvalue weighted by Gasteiger charge is -2.23. The Balaban J connectivity index is 2.03. The Bertz CT molecular complexity index is 418. The molecule has 0 saturated heterocycles. The lowest BCUT2D eigenvalue weighted by molar-refractivity contribution is -0.126. The Labute approximate surface area is 121 Å². The van der Waals surface area contributed by atoms with Crippen molar-refractivity contribution in [3.8, 4) is 0 Å². The van der Waals surface area contributed by atoms with Gasteiger partial charge in [-0.15, -0.1) is 0 Å². The van der Waals surface area contributed by atoms with Crippen molar-refractivity contribution in [3.05, 3.63) is 35.9 Å². The fourth-order valence-electron chi connectivity index (χ4n) is 3.24. The number of carbonyl (C=O) groups excluding carboxylic acids is 1. The maximum Gasteiger partial charge on any atom is 0.223 e. The van der Waals surface area contributed by atoms with Gasteiger partial charge in [0.25, 0.3) is 0 Å². The van der Waals surface area contributed by atoms with Gasteiger partial charge in [-0.1, -0.05) is 50.1 Å². The first-order valence-corrected chi connectivity index (χ1v) is 7.81. The highest BCUT2D eigenvalue weighted by Crippen LogP contribution is 2.32. The van der Waals surface area contributed by atoms with Crippen molar-refractivity contribution in [1.29, 1.82) is 0 Å². The molecule has 3 atom stereocenters. The minimum Gasteiger partial charge on any atom is -0.349 e. The summed E-state index contributed by atoms with van der Waals surface area (Å²) >= 11 is 0. The number of hydrogen-bond donors (Lipinski definition) is 2. The minimum absolute atomic E-state index is 0.114. The van der Waals surface area contributed by atoms with Gasteiger partial charge in [0, 0.05) is 5.92 Å². The van der Waals surface area contributed by atoms with Gasteiger partial charge in [-0.3, -0.25) is 4.79 Å². The van der Waals surface area contributed by atoms with Crippen molar-refractivity contribution >= 4 is 5.91 Å². The van der Waals surface area contributed by atoms with E-state index >= 15 is 0 Å². The van der Waals surface area contributed by atoms with Gasteiger partial charge in [0.15, 0.2) is 0 Å². The van der Waals surface area contributed by atoms with Gasteiger partial charge < -0.3 is 11.1 Å². The molecule has 20 heavy (non-hydrogen) atoms. The lowest BCUT2D eigenvalue weighted by Crippen LogP contribution is -2.37. The van der Waals surface area contributed by atoms with Gasteiger partial charge >= 0.3 is 0 Å². The third-order valence-corrected chi connectivity index (χ3v) is 4.39. The number of nitrogens with one attached hydrogen (secondary N) is 1. The molecule has 3 nitrogen and oxygen atoms in total. The lowest BCUT2D eigenvalue weighted by atomic mass is 9.94. The van der Waals surface area contributed by atoms with Gasteiger partial charge in [0.1, 0.15) is 0 Å². The predicted octanol–water partition coefficient (Wildman–Crippen LogP) is 3.02. The Morgan fingerprint density at radius 1 is 1.35 bits per heavy atom. The molecule has 0 radical (unpaired) electrons. The quantitative estimate of drug-likeness (QED) is 0.837. The van der Waals surface area contributed by atoms with E-state index in [0.29, 0.717) is 12.5 Å². The van der Waals surface area contributed by atoms with E-state index in [-0.39, 0.29) is 17.9 Å². The molecule has 0 heterocycles. The second-order valence-electron chi connectivity index (χ2n) is 5.79. The average molecular weight is 274 g/mol. The smallest absolute Gasteiger partial charge is 0.223 e. The van der Waals surface area contributed by atoms with Crippen LogP contribution in [0.4, 0.5) is 0 Å². The van der Waals surface area contributed by atoms with Crippen LogP contribution in [0.25, 0.3) is 0 Å². The van der Waals surface area contributed by atoms with Crippen LogP contribution in [0, 0.1) is 11.8 Å². The van der Waals surface area contributed by atoms with Gasteiger partial charge in [-0.2, -0.15) is 0 Å². The molecular weight excluding hydrogens is 248 g/mol. The van der Waals surface area contributed by atoms with Gasteiger partial charge in [-0.25, -0.2) is 0 Å². The fourth-order valence-corrected chi connectivity index (χ4v) is 3.24. The van der Waals surface area contributed by atoms with Crippen molar-refractivity contribution in [2.45, 2.75) is 45.1 Å². The predicted molar refractivity (Wildman–Crippen MR) is 82.1 cm³/mol. The van der Waals surface area contributed by atoms with Crippen LogP contribution >= 0.6 is 0 Å². The number of hydrogen-bond acceptors (Lipinski definition) is 2. The van der Waals surface area contributed by atoms with Crippen LogP contribution < -0.4 is 11.1 Å². The molecule has 0 aromatic heterocycles. The van der Waals surface area contributed by atoms with Crippen LogP contribution in [-0.4, -0.2) is 12.5 Å². The van der Waals surface area contributed by atoms with E-state index in [1.165, 1.54) is 5.56 Å². The van der Waals surface area contributed by atoms with E-state index in [1.807, 2.05) is 18.2 Å². The van der Waals surface area contributed by atoms with E-state index in [9.17, 15) is 4.79 Å². The summed E-state index contributed by atoms with van der Waals surface area (Å²) in [6.07, 6.45) is 5.25. The molecule has 1 amide bonds. The molecule has 2 rings (SSSR count). The molecule has 1 aromatic rings. The zero-order valence-electron chi connectivity index (χ0n) is 12.3. The van der Waals surface area contributed by atoms with Crippen molar-refractivity contribution in [3.63, 3.8) is 0 Å². The van der Waals surface area contributed by atoms with Crippen LogP contribution in [0.5, 0.6) is 0 Å². The number of nitrogens with two attached hydrogens (primary N) is 1. The van der Waals surface area contributed by atoms with Crippen LogP contribution in [0.2, 0.25) is 0 Å². The Morgan fingerprint density at radius 2 is 2.10 bits per heavy atom. The standard InChI is InChI=1S/C17H26N2O/c1-2-7-16(13-8-4-3-5-9-13)19-17(20)15-11-6-10-14(15)12-18/h3-5,8-9,14-16H,2,6-7,10-12,18H2,1H3,(H,19,20). The SMILES string of the molecule is CCCC(NC(=O)C1CCCC1CN)c1ccccc1. The van der Waals surface area contributed by atoms with E-state index in [4.69, 9.17) is 5.73 Å². The van der Waals surface area contributed by atoms with Gasteiger partial charge in [0.2, 0.25) is 5.91 Å². The Kier molecular flexibility index (Phi) is 5.60. The normalized spacial score (nSPS) is 23.5. The third kappa shape index (κ3) is 3.60. The zero-order chi connectivity index (χ0) is 14.4. The zero-order valence-corrected chi connectivity index (χ0v) is 12.3. The molecule has 3 N–H and O–H groups in total. The fraction of sp³-hybridized carbons (Fsp3) is 0.588. The number of benzene rings is 1. The molecule has 0 aliphatic heterocycles. The first-order chi connectivity index (χ1) is 9.76. The summed E-state index contributed by atoms with van der Waals surface area (Å²) < 4.78 is 0. The molecule has 1 fully saturated rings. The highest BCUT2D eigenvalue weighted by Gasteiger charge is 2.32. The number of carbonyl (C=O) groups is 1. The molecule has 1 aromatic carbocycles. The molecule has 3 heteroatoms. The van der Waals surface area contributed by atoms with Crippen molar-refractivity contribution in [1.82, 2.24) is 5.32 Å². The first kappa shape index (κ1) is 15.0. The van der Waals surface area contributed by atoms with Crippen LogP contribution in [0.1, 0.15) is 50.6 Å². The maximum atomic E-state index is 12.5. The number of amides is 1. The summed E-state index contributed by atoms with van der Waals surface area (Å²) in [5.74, 6) is 0.677. The van der Waals surface area contributed by atoms with Gasteiger partial charge in [-0.05, 0) is 37.3 Å². The molecule has 1 aliphatic carbocycles.